The molecule has 0 radical (unpaired) electrons. The van der Waals surface area contributed by atoms with Gasteiger partial charge in [0.1, 0.15) is 12.1 Å². The van der Waals surface area contributed by atoms with Crippen molar-refractivity contribution in [3.8, 4) is 11.4 Å². The third-order valence-corrected chi connectivity index (χ3v) is 3.19. The lowest BCUT2D eigenvalue weighted by Crippen LogP contribution is -2.27. The molecule has 1 aromatic carbocycles. The van der Waals surface area contributed by atoms with Gasteiger partial charge in [0, 0.05) is 0 Å². The Morgan fingerprint density at radius 3 is 2.85 bits per heavy atom. The molecule has 0 aliphatic rings. The number of ether oxygens (including phenoxy) is 1. The van der Waals surface area contributed by atoms with E-state index in [-0.39, 0.29) is 5.49 Å². The Hall–Kier alpha value is -2.83. The maximum Gasteiger partial charge on any atom is 0.168 e. The van der Waals surface area contributed by atoms with Gasteiger partial charge in [-0.15, -0.1) is 0 Å². The van der Waals surface area contributed by atoms with E-state index >= 15 is 0 Å². The first-order valence-corrected chi connectivity index (χ1v) is 6.02. The summed E-state index contributed by atoms with van der Waals surface area (Å²) in [7, 11) is 1.63. The van der Waals surface area contributed by atoms with Crippen molar-refractivity contribution in [1.29, 1.82) is 5.41 Å². The molecule has 0 amide bonds. The van der Waals surface area contributed by atoms with Crippen molar-refractivity contribution in [2.24, 2.45) is 0 Å². The first-order valence-electron chi connectivity index (χ1n) is 6.02. The van der Waals surface area contributed by atoms with Crippen molar-refractivity contribution < 1.29 is 4.74 Å². The van der Waals surface area contributed by atoms with Gasteiger partial charge in [-0.3, -0.25) is 5.41 Å². The highest BCUT2D eigenvalue weighted by Gasteiger charge is 2.11. The van der Waals surface area contributed by atoms with Crippen molar-refractivity contribution in [1.82, 2.24) is 19.4 Å². The highest BCUT2D eigenvalue weighted by atomic mass is 16.5. The Balaban J connectivity index is 2.25. The average molecular weight is 270 g/mol. The molecule has 20 heavy (non-hydrogen) atoms. The smallest absolute Gasteiger partial charge is 0.168 e. The summed E-state index contributed by atoms with van der Waals surface area (Å²) in [6.45, 7) is 1.97. The van der Waals surface area contributed by atoms with Crippen molar-refractivity contribution in [3.05, 3.63) is 41.8 Å². The summed E-state index contributed by atoms with van der Waals surface area (Å²) in [5, 5.41) is 12.8. The van der Waals surface area contributed by atoms with Crippen LogP contribution in [0.25, 0.3) is 16.7 Å². The minimum Gasteiger partial charge on any atom is -0.497 e. The maximum atomic E-state index is 7.91. The summed E-state index contributed by atoms with van der Waals surface area (Å²) < 4.78 is 8.05. The predicted octanol–water partition coefficient (Wildman–Crippen LogP) is 0.732. The Morgan fingerprint density at radius 1 is 1.35 bits per heavy atom. The summed E-state index contributed by atoms with van der Waals surface area (Å²) in [5.74, 6) is 6.40. The van der Waals surface area contributed by atoms with Crippen LogP contribution in [-0.2, 0) is 0 Å². The molecule has 0 unspecified atom stereocenters. The van der Waals surface area contributed by atoms with Crippen LogP contribution in [0, 0.1) is 12.3 Å². The van der Waals surface area contributed by atoms with E-state index in [1.165, 1.54) is 6.33 Å². The predicted molar refractivity (Wildman–Crippen MR) is 74.1 cm³/mol. The minimum absolute atomic E-state index is 0.174. The summed E-state index contributed by atoms with van der Waals surface area (Å²) in [5.41, 5.74) is 2.67. The lowest BCUT2D eigenvalue weighted by atomic mass is 10.2. The maximum absolute atomic E-state index is 7.91. The first-order chi connectivity index (χ1) is 9.61. The molecule has 3 aromatic rings. The van der Waals surface area contributed by atoms with Crippen LogP contribution < -0.4 is 16.1 Å². The lowest BCUT2D eigenvalue weighted by molar-refractivity contribution is 0.414. The Labute approximate surface area is 114 Å². The lowest BCUT2D eigenvalue weighted by Gasteiger charge is -2.09. The van der Waals surface area contributed by atoms with E-state index in [0.29, 0.717) is 11.0 Å². The number of nitrogens with one attached hydrogen (secondary N) is 1. The number of methoxy groups -OCH3 is 1. The molecule has 7 nitrogen and oxygen atoms in total. The van der Waals surface area contributed by atoms with Crippen LogP contribution in [0.4, 0.5) is 0 Å². The number of hydrogen-bond acceptors (Lipinski definition) is 5. The normalized spacial score (nSPS) is 10.9. The zero-order valence-corrected chi connectivity index (χ0v) is 11.2. The molecular formula is C13H14N6O. The first kappa shape index (κ1) is 12.2. The monoisotopic (exact) mass is 270 g/mol. The molecule has 2 aromatic heterocycles. The van der Waals surface area contributed by atoms with Crippen LogP contribution >= 0.6 is 0 Å². The summed E-state index contributed by atoms with van der Waals surface area (Å²) in [4.78, 5) is 4.25. The largest absolute Gasteiger partial charge is 0.497 e. The van der Waals surface area contributed by atoms with E-state index in [1.807, 2.05) is 25.1 Å². The number of aryl methyl sites for hydroxylation is 1. The molecule has 0 aliphatic heterocycles. The second-order valence-electron chi connectivity index (χ2n) is 4.45. The molecule has 2 heterocycles. The zero-order chi connectivity index (χ0) is 14.3. The summed E-state index contributed by atoms with van der Waals surface area (Å²) >= 11 is 0. The minimum atomic E-state index is 0.174. The molecule has 0 atom stereocenters. The molecule has 0 saturated carbocycles. The molecule has 102 valence electrons. The molecule has 0 aliphatic carbocycles. The molecule has 0 spiro atoms. The number of nitrogens with two attached hydrogens (primary N) is 1. The van der Waals surface area contributed by atoms with Gasteiger partial charge in [-0.05, 0) is 30.7 Å². The van der Waals surface area contributed by atoms with Gasteiger partial charge in [0.25, 0.3) is 0 Å². The number of fused-ring (bicyclic) bond motifs is 1. The quantitative estimate of drug-likeness (QED) is 0.671. The second kappa shape index (κ2) is 4.37. The Bertz CT molecular complexity index is 848. The number of hydrogen-bond donors (Lipinski definition) is 2. The molecule has 0 fully saturated rings. The highest BCUT2D eigenvalue weighted by molar-refractivity contribution is 5.75. The van der Waals surface area contributed by atoms with Gasteiger partial charge in [0.2, 0.25) is 0 Å². The molecule has 3 N–H and O–H groups in total. The van der Waals surface area contributed by atoms with E-state index in [1.54, 1.807) is 18.0 Å². The summed E-state index contributed by atoms with van der Waals surface area (Å²) in [6.07, 6.45) is 3.00. The Morgan fingerprint density at radius 2 is 2.15 bits per heavy atom. The number of aromatic nitrogens is 4. The van der Waals surface area contributed by atoms with Crippen LogP contribution in [0.2, 0.25) is 0 Å². The van der Waals surface area contributed by atoms with E-state index in [0.717, 1.165) is 21.7 Å². The van der Waals surface area contributed by atoms with Crippen LogP contribution in [-0.4, -0.2) is 26.6 Å². The van der Waals surface area contributed by atoms with Gasteiger partial charge in [0.05, 0.1) is 24.4 Å². The van der Waals surface area contributed by atoms with Gasteiger partial charge >= 0.3 is 0 Å². The third kappa shape index (κ3) is 1.71. The molecular weight excluding hydrogens is 256 g/mol. The van der Waals surface area contributed by atoms with Crippen molar-refractivity contribution in [2.45, 2.75) is 6.92 Å². The number of rotatable bonds is 2. The van der Waals surface area contributed by atoms with Gasteiger partial charge in [0.15, 0.2) is 11.1 Å². The van der Waals surface area contributed by atoms with Crippen LogP contribution in [0.3, 0.4) is 0 Å². The highest BCUT2D eigenvalue weighted by Crippen LogP contribution is 2.21. The number of benzene rings is 1. The van der Waals surface area contributed by atoms with Crippen molar-refractivity contribution >= 4 is 11.0 Å². The van der Waals surface area contributed by atoms with E-state index in [2.05, 4.69) is 10.1 Å². The number of nitrogens with zero attached hydrogens (tertiary/aromatic N) is 4. The van der Waals surface area contributed by atoms with Crippen molar-refractivity contribution in [3.63, 3.8) is 0 Å². The van der Waals surface area contributed by atoms with Crippen molar-refractivity contribution in [2.75, 3.05) is 13.0 Å². The van der Waals surface area contributed by atoms with Crippen LogP contribution in [0.1, 0.15) is 5.56 Å². The van der Waals surface area contributed by atoms with Gasteiger partial charge < -0.3 is 10.6 Å². The van der Waals surface area contributed by atoms with E-state index < -0.39 is 0 Å². The number of nitrogen functional groups attached to an aromatic ring is 1. The molecule has 7 heteroatoms. The Kier molecular flexibility index (Phi) is 2.67. The van der Waals surface area contributed by atoms with Crippen LogP contribution in [0.15, 0.2) is 30.7 Å². The van der Waals surface area contributed by atoms with E-state index in [9.17, 15) is 0 Å². The van der Waals surface area contributed by atoms with Gasteiger partial charge in [-0.2, -0.15) is 5.10 Å². The van der Waals surface area contributed by atoms with Crippen LogP contribution in [0.5, 0.6) is 5.75 Å². The standard InChI is InChI=1S/C13H14N6O/c1-8-5-9(20-2)3-4-11(8)19-13-10(6-17-19)12(14)18(15)7-16-13/h3-7,14H,15H2,1-2H3. The zero-order valence-electron chi connectivity index (χ0n) is 11.2. The fourth-order valence-electron chi connectivity index (χ4n) is 2.12. The average Bonchev–Trinajstić information content (AvgIpc) is 2.87. The topological polar surface area (TPSA) is 94.7 Å². The molecule has 0 saturated heterocycles. The second-order valence-corrected chi connectivity index (χ2v) is 4.45. The molecule has 3 rings (SSSR count). The molecule has 0 bridgehead atoms. The fourth-order valence-corrected chi connectivity index (χ4v) is 2.12. The third-order valence-electron chi connectivity index (χ3n) is 3.19. The summed E-state index contributed by atoms with van der Waals surface area (Å²) in [6, 6.07) is 5.70. The SMILES string of the molecule is COc1ccc(-n2ncc3c(=N)n(N)cnc32)c(C)c1. The van der Waals surface area contributed by atoms with E-state index in [4.69, 9.17) is 16.0 Å². The van der Waals surface area contributed by atoms with Gasteiger partial charge in [-0.1, -0.05) is 0 Å². The van der Waals surface area contributed by atoms with Gasteiger partial charge in [-0.25, -0.2) is 14.3 Å². The fraction of sp³-hybridized carbons (Fsp3) is 0.154.